The van der Waals surface area contributed by atoms with Gasteiger partial charge < -0.3 is 35.1 Å². The van der Waals surface area contributed by atoms with Crippen LogP contribution in [0.3, 0.4) is 0 Å². The first kappa shape index (κ1) is 34.7. The maximum atomic E-state index is 10.5. The highest BCUT2D eigenvalue weighted by molar-refractivity contribution is 5.76. The number of hydrogen-bond acceptors (Lipinski definition) is 13. The highest BCUT2D eigenvalue weighted by Crippen LogP contribution is 2.32. The first-order valence-corrected chi connectivity index (χ1v) is 18.4. The number of nitrogens with zero attached hydrogens (tertiary/aromatic N) is 12. The lowest BCUT2D eigenvalue weighted by molar-refractivity contribution is 0.151. The minimum Gasteiger partial charge on any atom is -0.508 e. The first-order chi connectivity index (χ1) is 25.7. The van der Waals surface area contributed by atoms with Crippen LogP contribution in [0.4, 0.5) is 11.9 Å². The van der Waals surface area contributed by atoms with E-state index in [2.05, 4.69) is 48.4 Å². The van der Waals surface area contributed by atoms with E-state index in [0.29, 0.717) is 34.2 Å². The fourth-order valence-corrected chi connectivity index (χ4v) is 7.23. The number of likely N-dealkylation sites (N-methyl/N-ethyl adjacent to an activating group) is 2. The predicted octanol–water partition coefficient (Wildman–Crippen LogP) is 3.91. The van der Waals surface area contributed by atoms with E-state index in [0.717, 1.165) is 100 Å². The van der Waals surface area contributed by atoms with Gasteiger partial charge in [-0.3, -0.25) is 9.13 Å². The number of imidazole rings is 2. The number of nitrogens with one attached hydrogen (secondary N) is 1. The Hall–Kier alpha value is -5.38. The molecule has 4 aromatic heterocycles. The van der Waals surface area contributed by atoms with Gasteiger partial charge in [0.05, 0.1) is 18.4 Å². The van der Waals surface area contributed by atoms with E-state index in [1.54, 1.807) is 24.7 Å². The summed E-state index contributed by atoms with van der Waals surface area (Å²) in [5.41, 5.74) is 5.90. The van der Waals surface area contributed by atoms with Crippen molar-refractivity contribution >= 4 is 34.2 Å². The van der Waals surface area contributed by atoms with Crippen molar-refractivity contribution in [1.29, 1.82) is 0 Å². The van der Waals surface area contributed by atoms with Crippen LogP contribution in [-0.2, 0) is 0 Å². The van der Waals surface area contributed by atoms with Gasteiger partial charge in [-0.25, -0.2) is 19.9 Å². The first-order valence-electron chi connectivity index (χ1n) is 18.4. The molecule has 53 heavy (non-hydrogen) atoms. The second-order valence-electron chi connectivity index (χ2n) is 14.2. The Kier molecular flexibility index (Phi) is 9.53. The summed E-state index contributed by atoms with van der Waals surface area (Å²) >= 11 is 0. The van der Waals surface area contributed by atoms with Crippen molar-refractivity contribution in [3.63, 3.8) is 0 Å². The molecule has 2 aliphatic heterocycles. The third-order valence-electron chi connectivity index (χ3n) is 10.6. The van der Waals surface area contributed by atoms with Crippen LogP contribution in [-0.4, -0.2) is 136 Å². The summed E-state index contributed by atoms with van der Waals surface area (Å²) in [7, 11) is 2.17. The molecule has 0 spiro atoms. The number of benzene rings is 2. The number of phenolic OH excluding ortho intramolecular Hbond substituents is 2. The monoisotopic (exact) mass is 717 g/mol. The summed E-state index contributed by atoms with van der Waals surface area (Å²) < 4.78 is 4.00. The maximum Gasteiger partial charge on any atom is 0.227 e. The van der Waals surface area contributed by atoms with Gasteiger partial charge in [-0.1, -0.05) is 6.92 Å². The van der Waals surface area contributed by atoms with Gasteiger partial charge in [0.2, 0.25) is 11.9 Å². The molecule has 2 saturated heterocycles. The van der Waals surface area contributed by atoms with Crippen LogP contribution in [0.15, 0.2) is 55.1 Å². The Morgan fingerprint density at radius 2 is 1.42 bits per heavy atom. The Labute approximate surface area is 308 Å². The van der Waals surface area contributed by atoms with E-state index in [4.69, 9.17) is 24.9 Å². The molecule has 0 saturated carbocycles. The van der Waals surface area contributed by atoms with Crippen molar-refractivity contribution < 1.29 is 10.2 Å². The molecule has 15 nitrogen and oxygen atoms in total. The standard InChI is InChI=1S/C38H47N13O2/c1-5-47-16-18-49(19-17-47)38-40-23-31-36(45-38)51(28-7-9-33(53)26(3)21-28)35(42-31)29(10-11-48-14-12-46(4)13-15-48)43-37-39-22-30-34(44-37)50(24-41-30)27-6-8-32(52)25(2)20-27/h6-9,20-24,29,52-53H,5,10-19H2,1-4H3,(H,39,43,44). The zero-order chi connectivity index (χ0) is 36.6. The molecule has 2 aromatic carbocycles. The molecule has 6 aromatic rings. The Morgan fingerprint density at radius 3 is 2.13 bits per heavy atom. The van der Waals surface area contributed by atoms with Gasteiger partial charge in [0.25, 0.3) is 0 Å². The molecule has 2 fully saturated rings. The highest BCUT2D eigenvalue weighted by atomic mass is 16.3. The van der Waals surface area contributed by atoms with Gasteiger partial charge in [-0.2, -0.15) is 9.97 Å². The molecule has 3 N–H and O–H groups in total. The van der Waals surface area contributed by atoms with Crippen LogP contribution < -0.4 is 10.2 Å². The maximum absolute atomic E-state index is 10.5. The minimum atomic E-state index is -0.320. The molecule has 276 valence electrons. The number of fused-ring (bicyclic) bond motifs is 2. The van der Waals surface area contributed by atoms with Crippen LogP contribution in [0.1, 0.15) is 36.3 Å². The topological polar surface area (TPSA) is 153 Å². The summed E-state index contributed by atoms with van der Waals surface area (Å²) in [6.45, 7) is 15.5. The quantitative estimate of drug-likeness (QED) is 0.188. The lowest BCUT2D eigenvalue weighted by Crippen LogP contribution is -2.46. The number of hydrogen-bond donors (Lipinski definition) is 3. The van der Waals surface area contributed by atoms with Crippen molar-refractivity contribution in [3.05, 3.63) is 72.1 Å². The van der Waals surface area contributed by atoms with Gasteiger partial charge in [0, 0.05) is 70.3 Å². The molecule has 0 amide bonds. The summed E-state index contributed by atoms with van der Waals surface area (Å²) in [6.07, 6.45) is 6.01. The van der Waals surface area contributed by atoms with Gasteiger partial charge in [0.1, 0.15) is 34.7 Å². The van der Waals surface area contributed by atoms with Crippen LogP contribution in [0, 0.1) is 13.8 Å². The van der Waals surface area contributed by atoms with E-state index in [-0.39, 0.29) is 17.5 Å². The Balaban J connectivity index is 1.21. The number of aromatic nitrogens is 8. The molecule has 6 heterocycles. The van der Waals surface area contributed by atoms with Crippen LogP contribution in [0.2, 0.25) is 0 Å². The lowest BCUT2D eigenvalue weighted by atomic mass is 10.1. The second-order valence-corrected chi connectivity index (χ2v) is 14.2. The molecule has 1 unspecified atom stereocenters. The number of aryl methyl sites for hydroxylation is 2. The molecule has 8 rings (SSSR count). The van der Waals surface area contributed by atoms with Crippen molar-refractivity contribution in [3.8, 4) is 22.9 Å². The zero-order valence-electron chi connectivity index (χ0n) is 30.8. The second kappa shape index (κ2) is 14.6. The van der Waals surface area contributed by atoms with Crippen LogP contribution >= 0.6 is 0 Å². The number of aromatic hydroxyl groups is 2. The predicted molar refractivity (Wildman–Crippen MR) is 205 cm³/mol. The SMILES string of the molecule is CCN1CCN(c2ncc3nc(C(CCN4CCN(C)CC4)Nc4ncc5ncn(-c6ccc(O)c(C)c6)c5n4)n(-c4ccc(O)c(C)c4)c3n2)CC1. The highest BCUT2D eigenvalue weighted by Gasteiger charge is 2.27. The summed E-state index contributed by atoms with van der Waals surface area (Å²) in [6, 6.07) is 10.7. The Bertz CT molecular complexity index is 2230. The van der Waals surface area contributed by atoms with Gasteiger partial charge in [0.15, 0.2) is 11.3 Å². The van der Waals surface area contributed by atoms with Gasteiger partial charge in [-0.15, -0.1) is 0 Å². The van der Waals surface area contributed by atoms with Gasteiger partial charge >= 0.3 is 0 Å². The molecule has 15 heteroatoms. The fourth-order valence-electron chi connectivity index (χ4n) is 7.23. The fraction of sp³-hybridized carbons (Fsp3) is 0.421. The third kappa shape index (κ3) is 7.06. The van der Waals surface area contributed by atoms with E-state index in [1.807, 2.05) is 48.9 Å². The smallest absolute Gasteiger partial charge is 0.227 e. The largest absolute Gasteiger partial charge is 0.508 e. The number of rotatable bonds is 10. The van der Waals surface area contributed by atoms with Crippen molar-refractivity contribution in [2.24, 2.45) is 0 Å². The normalized spacial score (nSPS) is 16.9. The van der Waals surface area contributed by atoms with Crippen molar-refractivity contribution in [2.45, 2.75) is 33.2 Å². The van der Waals surface area contributed by atoms with Crippen molar-refractivity contribution in [1.82, 2.24) is 53.7 Å². The summed E-state index contributed by atoms with van der Waals surface area (Å²) in [5.74, 6) is 2.36. The molecule has 0 radical (unpaired) electrons. The van der Waals surface area contributed by atoms with E-state index in [9.17, 15) is 10.2 Å². The van der Waals surface area contributed by atoms with E-state index >= 15 is 0 Å². The molecule has 1 atom stereocenters. The lowest BCUT2D eigenvalue weighted by Gasteiger charge is -2.34. The summed E-state index contributed by atoms with van der Waals surface area (Å²) in [5, 5.41) is 24.3. The zero-order valence-corrected chi connectivity index (χ0v) is 30.8. The summed E-state index contributed by atoms with van der Waals surface area (Å²) in [4.78, 5) is 39.0. The number of anilines is 2. The van der Waals surface area contributed by atoms with Crippen molar-refractivity contribution in [2.75, 3.05) is 82.7 Å². The molecular formula is C38H47N13O2. The van der Waals surface area contributed by atoms with E-state index < -0.39 is 0 Å². The Morgan fingerprint density at radius 1 is 0.736 bits per heavy atom. The average Bonchev–Trinajstić information content (AvgIpc) is 3.77. The third-order valence-corrected chi connectivity index (χ3v) is 10.6. The molecular weight excluding hydrogens is 671 g/mol. The molecule has 0 aliphatic carbocycles. The molecule has 0 bridgehead atoms. The minimum absolute atomic E-state index is 0.232. The van der Waals surface area contributed by atoms with E-state index in [1.165, 1.54) is 0 Å². The number of piperazine rings is 2. The van der Waals surface area contributed by atoms with Crippen LogP contribution in [0.25, 0.3) is 33.7 Å². The van der Waals surface area contributed by atoms with Crippen LogP contribution in [0.5, 0.6) is 11.5 Å². The molecule has 2 aliphatic rings. The average molecular weight is 718 g/mol. The number of phenols is 2. The van der Waals surface area contributed by atoms with Gasteiger partial charge in [-0.05, 0) is 81.4 Å².